The van der Waals surface area contributed by atoms with Crippen molar-refractivity contribution in [1.29, 1.82) is 0 Å². The Morgan fingerprint density at radius 3 is 1.92 bits per heavy atom. The highest BCUT2D eigenvalue weighted by atomic mass is 16.5. The van der Waals surface area contributed by atoms with Gasteiger partial charge in [-0.3, -0.25) is 9.59 Å². The second kappa shape index (κ2) is 8.12. The summed E-state index contributed by atoms with van der Waals surface area (Å²) in [5, 5.41) is 2.79. The van der Waals surface area contributed by atoms with Crippen molar-refractivity contribution in [1.82, 2.24) is 0 Å². The van der Waals surface area contributed by atoms with Crippen molar-refractivity contribution in [2.75, 3.05) is 5.32 Å². The van der Waals surface area contributed by atoms with Gasteiger partial charge in [0.05, 0.1) is 0 Å². The normalized spacial score (nSPS) is 11.4. The van der Waals surface area contributed by atoms with E-state index in [0.29, 0.717) is 22.6 Å². The van der Waals surface area contributed by atoms with E-state index in [-0.39, 0.29) is 11.7 Å². The van der Waals surface area contributed by atoms with Gasteiger partial charge in [-0.15, -0.1) is 0 Å². The Bertz CT molecular complexity index is 874. The summed E-state index contributed by atoms with van der Waals surface area (Å²) in [5.74, 6) is 0.333. The molecule has 1 N–H and O–H groups in total. The van der Waals surface area contributed by atoms with Crippen LogP contribution in [0.5, 0.6) is 5.75 Å². The summed E-state index contributed by atoms with van der Waals surface area (Å²) >= 11 is 0. The van der Waals surface area contributed by atoms with E-state index in [0.717, 1.165) is 0 Å². The molecule has 3 aromatic rings. The summed E-state index contributed by atoms with van der Waals surface area (Å²) in [6, 6.07) is 25.1. The van der Waals surface area contributed by atoms with Crippen LogP contribution in [0.25, 0.3) is 0 Å². The molecular formula is C22H19NO3. The van der Waals surface area contributed by atoms with Crippen molar-refractivity contribution >= 4 is 17.4 Å². The summed E-state index contributed by atoms with van der Waals surface area (Å²) in [4.78, 5) is 24.6. The summed E-state index contributed by atoms with van der Waals surface area (Å²) in [7, 11) is 0. The number of anilines is 1. The molecule has 3 rings (SSSR count). The number of benzene rings is 3. The number of carbonyl (C=O) groups is 2. The highest BCUT2D eigenvalue weighted by Crippen LogP contribution is 2.15. The van der Waals surface area contributed by atoms with Crippen molar-refractivity contribution in [2.45, 2.75) is 13.0 Å². The molecule has 0 unspecified atom stereocenters. The van der Waals surface area contributed by atoms with Crippen LogP contribution in [0.4, 0.5) is 5.69 Å². The molecule has 0 spiro atoms. The van der Waals surface area contributed by atoms with Crippen LogP contribution in [-0.4, -0.2) is 17.8 Å². The van der Waals surface area contributed by atoms with Gasteiger partial charge in [-0.2, -0.15) is 0 Å². The molecule has 0 aromatic heterocycles. The first-order chi connectivity index (χ1) is 12.6. The number of amides is 1. The third kappa shape index (κ3) is 4.36. The van der Waals surface area contributed by atoms with E-state index in [1.54, 1.807) is 55.5 Å². The predicted molar refractivity (Wildman–Crippen MR) is 101 cm³/mol. The van der Waals surface area contributed by atoms with Crippen molar-refractivity contribution < 1.29 is 14.3 Å². The lowest BCUT2D eigenvalue weighted by atomic mass is 10.0. The van der Waals surface area contributed by atoms with E-state index in [2.05, 4.69) is 5.32 Å². The van der Waals surface area contributed by atoms with E-state index in [1.807, 2.05) is 36.4 Å². The van der Waals surface area contributed by atoms with Gasteiger partial charge in [-0.25, -0.2) is 0 Å². The summed E-state index contributed by atoms with van der Waals surface area (Å²) in [5.41, 5.74) is 1.82. The fourth-order valence-electron chi connectivity index (χ4n) is 2.46. The van der Waals surface area contributed by atoms with Crippen LogP contribution in [-0.2, 0) is 4.79 Å². The average Bonchev–Trinajstić information content (AvgIpc) is 2.69. The number of hydrogen-bond donors (Lipinski definition) is 1. The molecule has 0 aliphatic heterocycles. The lowest BCUT2D eigenvalue weighted by Crippen LogP contribution is -2.30. The summed E-state index contributed by atoms with van der Waals surface area (Å²) < 4.78 is 5.60. The Morgan fingerprint density at radius 1 is 0.769 bits per heavy atom. The number of ether oxygens (including phenoxy) is 1. The Labute approximate surface area is 152 Å². The summed E-state index contributed by atoms with van der Waals surface area (Å²) in [6.07, 6.45) is -0.636. The molecule has 1 atom stereocenters. The maximum absolute atomic E-state index is 12.4. The van der Waals surface area contributed by atoms with Crippen LogP contribution in [0.1, 0.15) is 22.8 Å². The Kier molecular flexibility index (Phi) is 5.44. The molecule has 0 fully saturated rings. The van der Waals surface area contributed by atoms with Gasteiger partial charge in [0.1, 0.15) is 5.75 Å². The molecule has 0 aliphatic rings. The van der Waals surface area contributed by atoms with E-state index >= 15 is 0 Å². The highest BCUT2D eigenvalue weighted by molar-refractivity contribution is 6.09. The Balaban J connectivity index is 1.62. The largest absolute Gasteiger partial charge is 0.481 e. The molecule has 3 aromatic carbocycles. The van der Waals surface area contributed by atoms with Gasteiger partial charge in [0, 0.05) is 16.8 Å². The van der Waals surface area contributed by atoms with Crippen molar-refractivity contribution in [3.8, 4) is 5.75 Å². The minimum absolute atomic E-state index is 0.0516. The number of carbonyl (C=O) groups excluding carboxylic acids is 2. The first kappa shape index (κ1) is 17.4. The molecular weight excluding hydrogens is 326 g/mol. The van der Waals surface area contributed by atoms with E-state index in [1.165, 1.54) is 0 Å². The average molecular weight is 345 g/mol. The zero-order valence-electron chi connectivity index (χ0n) is 14.4. The minimum Gasteiger partial charge on any atom is -0.481 e. The molecule has 4 nitrogen and oxygen atoms in total. The quantitative estimate of drug-likeness (QED) is 0.677. The van der Waals surface area contributed by atoms with Gasteiger partial charge >= 0.3 is 0 Å². The molecule has 1 amide bonds. The molecule has 0 heterocycles. The Morgan fingerprint density at radius 2 is 1.31 bits per heavy atom. The number of nitrogens with one attached hydrogen (secondary N) is 1. The van der Waals surface area contributed by atoms with E-state index in [4.69, 9.17) is 4.74 Å². The SMILES string of the molecule is C[C@@H](Oc1ccccc1)C(=O)Nc1ccc(C(=O)c2ccccc2)cc1. The van der Waals surface area contributed by atoms with Gasteiger partial charge in [-0.1, -0.05) is 48.5 Å². The smallest absolute Gasteiger partial charge is 0.265 e. The standard InChI is InChI=1S/C22H19NO3/c1-16(26-20-10-6-3-7-11-20)22(25)23-19-14-12-18(13-15-19)21(24)17-8-4-2-5-9-17/h2-16H,1H3,(H,23,25)/t16-/m1/s1. The van der Waals surface area contributed by atoms with Crippen LogP contribution in [0.3, 0.4) is 0 Å². The molecule has 0 saturated heterocycles. The van der Waals surface area contributed by atoms with Crippen molar-refractivity contribution in [2.24, 2.45) is 0 Å². The fraction of sp³-hybridized carbons (Fsp3) is 0.0909. The van der Waals surface area contributed by atoms with Gasteiger partial charge < -0.3 is 10.1 Å². The van der Waals surface area contributed by atoms with Gasteiger partial charge in [0.15, 0.2) is 11.9 Å². The van der Waals surface area contributed by atoms with Crippen LogP contribution in [0, 0.1) is 0 Å². The second-order valence-electron chi connectivity index (χ2n) is 5.83. The molecule has 0 saturated carbocycles. The van der Waals surface area contributed by atoms with Gasteiger partial charge in [0.2, 0.25) is 0 Å². The van der Waals surface area contributed by atoms with Crippen molar-refractivity contribution in [3.05, 3.63) is 96.1 Å². The van der Waals surface area contributed by atoms with E-state index in [9.17, 15) is 9.59 Å². The third-order valence-electron chi connectivity index (χ3n) is 3.88. The molecule has 0 aliphatic carbocycles. The Hall–Kier alpha value is -3.40. The van der Waals surface area contributed by atoms with Gasteiger partial charge in [-0.05, 0) is 43.3 Å². The third-order valence-corrected chi connectivity index (χ3v) is 3.88. The lowest BCUT2D eigenvalue weighted by Gasteiger charge is -2.14. The molecule has 130 valence electrons. The number of rotatable bonds is 6. The maximum Gasteiger partial charge on any atom is 0.265 e. The number of hydrogen-bond acceptors (Lipinski definition) is 3. The first-order valence-corrected chi connectivity index (χ1v) is 8.36. The van der Waals surface area contributed by atoms with Gasteiger partial charge in [0.25, 0.3) is 5.91 Å². The minimum atomic E-state index is -0.636. The second-order valence-corrected chi connectivity index (χ2v) is 5.83. The van der Waals surface area contributed by atoms with Crippen LogP contribution >= 0.6 is 0 Å². The van der Waals surface area contributed by atoms with Crippen molar-refractivity contribution in [3.63, 3.8) is 0 Å². The molecule has 0 bridgehead atoms. The molecule has 4 heteroatoms. The maximum atomic E-state index is 12.4. The molecule has 26 heavy (non-hydrogen) atoms. The van der Waals surface area contributed by atoms with Crippen LogP contribution in [0.15, 0.2) is 84.9 Å². The number of ketones is 1. The zero-order chi connectivity index (χ0) is 18.4. The fourth-order valence-corrected chi connectivity index (χ4v) is 2.46. The monoisotopic (exact) mass is 345 g/mol. The van der Waals surface area contributed by atoms with Crippen LogP contribution < -0.4 is 10.1 Å². The first-order valence-electron chi connectivity index (χ1n) is 8.36. The van der Waals surface area contributed by atoms with Crippen LogP contribution in [0.2, 0.25) is 0 Å². The highest BCUT2D eigenvalue weighted by Gasteiger charge is 2.15. The number of para-hydroxylation sites is 1. The van der Waals surface area contributed by atoms with E-state index < -0.39 is 6.10 Å². The lowest BCUT2D eigenvalue weighted by molar-refractivity contribution is -0.122. The summed E-state index contributed by atoms with van der Waals surface area (Å²) in [6.45, 7) is 1.69. The molecule has 0 radical (unpaired) electrons. The zero-order valence-corrected chi connectivity index (χ0v) is 14.4. The topological polar surface area (TPSA) is 55.4 Å². The predicted octanol–water partition coefficient (Wildman–Crippen LogP) is 4.32.